The van der Waals surface area contributed by atoms with E-state index in [4.69, 9.17) is 34.0 Å². The normalized spacial score (nSPS) is 11.7. The molecule has 1 aromatic rings. The summed E-state index contributed by atoms with van der Waals surface area (Å²) < 4.78 is 0. The Morgan fingerprint density at radius 3 is 2.47 bits per heavy atom. The summed E-state index contributed by atoms with van der Waals surface area (Å²) in [6, 6.07) is 2.77. The van der Waals surface area contributed by atoms with E-state index in [1.807, 2.05) is 0 Å². The minimum Gasteiger partial charge on any atom is -0.480 e. The highest BCUT2D eigenvalue weighted by Crippen LogP contribution is 2.20. The first-order valence-corrected chi connectivity index (χ1v) is 5.84. The number of rotatable bonds is 5. The molecule has 1 rings (SSSR count). The molecule has 6 nitrogen and oxygen atoms in total. The van der Waals surface area contributed by atoms with Crippen LogP contribution in [0.25, 0.3) is 0 Å². The lowest BCUT2D eigenvalue weighted by Gasteiger charge is -2.13. The fraction of sp³-hybridized carbons (Fsp3) is 0.182. The maximum atomic E-state index is 11.8. The first-order chi connectivity index (χ1) is 8.81. The second-order valence-corrected chi connectivity index (χ2v) is 4.50. The van der Waals surface area contributed by atoms with Crippen molar-refractivity contribution in [2.45, 2.75) is 12.5 Å². The minimum absolute atomic E-state index is 0.0184. The van der Waals surface area contributed by atoms with E-state index in [1.54, 1.807) is 0 Å². The third-order valence-electron chi connectivity index (χ3n) is 2.18. The molecule has 19 heavy (non-hydrogen) atoms. The predicted molar refractivity (Wildman–Crippen MR) is 69.2 cm³/mol. The van der Waals surface area contributed by atoms with Crippen molar-refractivity contribution in [1.29, 1.82) is 0 Å². The van der Waals surface area contributed by atoms with Crippen molar-refractivity contribution >= 4 is 41.0 Å². The van der Waals surface area contributed by atoms with Crippen LogP contribution in [0.3, 0.4) is 0 Å². The van der Waals surface area contributed by atoms with Crippen molar-refractivity contribution in [1.82, 2.24) is 5.32 Å². The van der Waals surface area contributed by atoms with Crippen LogP contribution in [-0.2, 0) is 9.59 Å². The van der Waals surface area contributed by atoms with E-state index < -0.39 is 30.2 Å². The second-order valence-electron chi connectivity index (χ2n) is 3.66. The summed E-state index contributed by atoms with van der Waals surface area (Å²) in [7, 11) is 0. The summed E-state index contributed by atoms with van der Waals surface area (Å²) in [6.45, 7) is 0. The highest BCUT2D eigenvalue weighted by Gasteiger charge is 2.23. The molecule has 0 spiro atoms. The molecule has 0 saturated carbocycles. The topological polar surface area (TPSA) is 109 Å². The molecule has 0 aliphatic rings. The van der Waals surface area contributed by atoms with Crippen molar-refractivity contribution in [2.75, 3.05) is 0 Å². The number of carbonyl (C=O) groups excluding carboxylic acids is 2. The van der Waals surface area contributed by atoms with E-state index in [0.717, 1.165) is 0 Å². The molecular formula is C11H10Cl2N2O4. The van der Waals surface area contributed by atoms with E-state index in [1.165, 1.54) is 18.2 Å². The number of hydrogen-bond acceptors (Lipinski definition) is 3. The number of amides is 2. The fourth-order valence-electron chi connectivity index (χ4n) is 1.31. The molecule has 1 aromatic carbocycles. The molecule has 8 heteroatoms. The molecule has 4 N–H and O–H groups in total. The lowest BCUT2D eigenvalue weighted by molar-refractivity contribution is -0.140. The van der Waals surface area contributed by atoms with Crippen molar-refractivity contribution in [3.63, 3.8) is 0 Å². The first kappa shape index (κ1) is 15.3. The largest absolute Gasteiger partial charge is 0.480 e. The lowest BCUT2D eigenvalue weighted by Crippen LogP contribution is -2.43. The molecule has 0 aliphatic heterocycles. The van der Waals surface area contributed by atoms with E-state index in [-0.39, 0.29) is 15.6 Å². The number of carbonyl (C=O) groups is 3. The van der Waals surface area contributed by atoms with E-state index in [0.29, 0.717) is 0 Å². The molecule has 102 valence electrons. The number of primary amides is 1. The van der Waals surface area contributed by atoms with Crippen LogP contribution in [0, 0.1) is 0 Å². The van der Waals surface area contributed by atoms with Crippen LogP contribution in [0.4, 0.5) is 0 Å². The zero-order valence-electron chi connectivity index (χ0n) is 9.52. The monoisotopic (exact) mass is 304 g/mol. The number of halogens is 2. The van der Waals surface area contributed by atoms with Gasteiger partial charge in [0.2, 0.25) is 5.91 Å². The van der Waals surface area contributed by atoms with Gasteiger partial charge in [0.1, 0.15) is 6.04 Å². The van der Waals surface area contributed by atoms with Crippen LogP contribution in [0.5, 0.6) is 0 Å². The van der Waals surface area contributed by atoms with Crippen LogP contribution in [-0.4, -0.2) is 28.9 Å². The summed E-state index contributed by atoms with van der Waals surface area (Å²) in [5.74, 6) is -2.96. The molecule has 0 bridgehead atoms. The Kier molecular flexibility index (Phi) is 5.14. The van der Waals surface area contributed by atoms with Gasteiger partial charge in [-0.25, -0.2) is 4.79 Å². The number of carboxylic acid groups (broad SMARTS) is 1. The minimum atomic E-state index is -1.42. The molecule has 0 unspecified atom stereocenters. The summed E-state index contributed by atoms with van der Waals surface area (Å²) in [4.78, 5) is 33.4. The predicted octanol–water partition coefficient (Wildman–Crippen LogP) is 1.05. The summed E-state index contributed by atoms with van der Waals surface area (Å²) >= 11 is 11.5. The van der Waals surface area contributed by atoms with Crippen LogP contribution in [0.1, 0.15) is 16.8 Å². The standard InChI is InChI=1S/C11H10Cl2N2O4/c12-5-1-2-7(13)6(3-5)10(17)15-8(11(18)19)4-9(14)16/h1-3,8H,4H2,(H2,14,16)(H,15,17)(H,18,19)/t8-/m1/s1. The molecule has 0 radical (unpaired) electrons. The number of nitrogens with one attached hydrogen (secondary N) is 1. The average molecular weight is 305 g/mol. The Labute approximate surface area is 118 Å². The van der Waals surface area contributed by atoms with Crippen molar-refractivity contribution in [3.05, 3.63) is 33.8 Å². The smallest absolute Gasteiger partial charge is 0.326 e. The van der Waals surface area contributed by atoms with Gasteiger partial charge < -0.3 is 16.2 Å². The fourth-order valence-corrected chi connectivity index (χ4v) is 1.68. The lowest BCUT2D eigenvalue weighted by atomic mass is 10.1. The molecule has 0 heterocycles. The van der Waals surface area contributed by atoms with Gasteiger partial charge in [0, 0.05) is 5.02 Å². The number of benzene rings is 1. The quantitative estimate of drug-likeness (QED) is 0.755. The third kappa shape index (κ3) is 4.42. The van der Waals surface area contributed by atoms with Gasteiger partial charge in [-0.1, -0.05) is 23.2 Å². The highest BCUT2D eigenvalue weighted by molar-refractivity contribution is 6.35. The Balaban J connectivity index is 2.90. The summed E-state index contributed by atoms with van der Waals surface area (Å²) in [5, 5.41) is 11.4. The molecular weight excluding hydrogens is 295 g/mol. The van der Waals surface area contributed by atoms with Gasteiger partial charge in [-0.3, -0.25) is 9.59 Å². The molecule has 1 atom stereocenters. The van der Waals surface area contributed by atoms with Crippen LogP contribution in [0.2, 0.25) is 10.0 Å². The van der Waals surface area contributed by atoms with Crippen LogP contribution in [0.15, 0.2) is 18.2 Å². The Hall–Kier alpha value is -1.79. The molecule has 2 amide bonds. The zero-order chi connectivity index (χ0) is 14.6. The van der Waals surface area contributed by atoms with Gasteiger partial charge in [0.15, 0.2) is 0 Å². The summed E-state index contributed by atoms with van der Waals surface area (Å²) in [6.07, 6.45) is -0.515. The number of aliphatic carboxylic acids is 1. The molecule has 0 saturated heterocycles. The maximum absolute atomic E-state index is 11.8. The Morgan fingerprint density at radius 2 is 1.95 bits per heavy atom. The van der Waals surface area contributed by atoms with Crippen molar-refractivity contribution < 1.29 is 19.5 Å². The maximum Gasteiger partial charge on any atom is 0.326 e. The van der Waals surface area contributed by atoms with E-state index in [9.17, 15) is 14.4 Å². The molecule has 0 aromatic heterocycles. The second kappa shape index (κ2) is 6.40. The average Bonchev–Trinajstić information content (AvgIpc) is 2.30. The van der Waals surface area contributed by atoms with Gasteiger partial charge in [-0.05, 0) is 18.2 Å². The van der Waals surface area contributed by atoms with E-state index >= 15 is 0 Å². The summed E-state index contributed by atoms with van der Waals surface area (Å²) in [5.41, 5.74) is 4.92. The zero-order valence-corrected chi connectivity index (χ0v) is 11.0. The van der Waals surface area contributed by atoms with Gasteiger partial charge in [-0.2, -0.15) is 0 Å². The van der Waals surface area contributed by atoms with Gasteiger partial charge in [0.25, 0.3) is 5.91 Å². The Bertz CT molecular complexity index is 533. The highest BCUT2D eigenvalue weighted by atomic mass is 35.5. The number of hydrogen-bond donors (Lipinski definition) is 3. The van der Waals surface area contributed by atoms with Gasteiger partial charge >= 0.3 is 5.97 Å². The number of nitrogens with two attached hydrogens (primary N) is 1. The van der Waals surface area contributed by atoms with Gasteiger partial charge in [0.05, 0.1) is 17.0 Å². The van der Waals surface area contributed by atoms with Crippen LogP contribution >= 0.6 is 23.2 Å². The molecule has 0 aliphatic carbocycles. The van der Waals surface area contributed by atoms with Crippen molar-refractivity contribution in [2.24, 2.45) is 5.73 Å². The van der Waals surface area contributed by atoms with Crippen molar-refractivity contribution in [3.8, 4) is 0 Å². The Morgan fingerprint density at radius 1 is 1.32 bits per heavy atom. The third-order valence-corrected chi connectivity index (χ3v) is 2.75. The van der Waals surface area contributed by atoms with E-state index in [2.05, 4.69) is 5.32 Å². The molecule has 0 fully saturated rings. The first-order valence-electron chi connectivity index (χ1n) is 5.08. The van der Waals surface area contributed by atoms with Gasteiger partial charge in [-0.15, -0.1) is 0 Å². The SMILES string of the molecule is NC(=O)C[C@@H](NC(=O)c1cc(Cl)ccc1Cl)C(=O)O. The van der Waals surface area contributed by atoms with Crippen LogP contribution < -0.4 is 11.1 Å². The number of carboxylic acids is 1.